The normalized spacial score (nSPS) is 19.9. The molecule has 0 atom stereocenters. The van der Waals surface area contributed by atoms with E-state index in [2.05, 4.69) is 50.5 Å². The summed E-state index contributed by atoms with van der Waals surface area (Å²) in [6.45, 7) is 2.27. The number of nitrogens with one attached hydrogen (secondary N) is 1. The van der Waals surface area contributed by atoms with Crippen molar-refractivity contribution in [3.8, 4) is 11.1 Å². The van der Waals surface area contributed by atoms with Crippen LogP contribution in [0.1, 0.15) is 19.8 Å². The maximum Gasteiger partial charge on any atom is 0.241 e. The van der Waals surface area contributed by atoms with E-state index in [-0.39, 0.29) is 0 Å². The second kappa shape index (κ2) is 5.51. The van der Waals surface area contributed by atoms with Gasteiger partial charge in [-0.15, -0.1) is 5.10 Å². The second-order valence-electron chi connectivity index (χ2n) is 6.82. The monoisotopic (exact) mass is 330 g/mol. The van der Waals surface area contributed by atoms with Crippen LogP contribution >= 0.6 is 0 Å². The molecule has 0 amide bonds. The van der Waals surface area contributed by atoms with Gasteiger partial charge in [0.25, 0.3) is 0 Å². The van der Waals surface area contributed by atoms with Crippen molar-refractivity contribution in [2.75, 3.05) is 5.32 Å². The van der Waals surface area contributed by atoms with Crippen LogP contribution < -0.4 is 5.32 Å². The zero-order chi connectivity index (χ0) is 16.8. The smallest absolute Gasteiger partial charge is 0.241 e. The van der Waals surface area contributed by atoms with Crippen molar-refractivity contribution in [2.45, 2.75) is 25.8 Å². The Balaban J connectivity index is 1.50. The molecule has 5 rings (SSSR count). The van der Waals surface area contributed by atoms with Crippen molar-refractivity contribution in [3.05, 3.63) is 49.1 Å². The summed E-state index contributed by atoms with van der Waals surface area (Å²) in [7, 11) is 0. The highest BCUT2D eigenvalue weighted by molar-refractivity contribution is 5.86. The van der Waals surface area contributed by atoms with E-state index in [0.717, 1.165) is 33.6 Å². The first-order chi connectivity index (χ1) is 12.3. The average Bonchev–Trinajstić information content (AvgIpc) is 3.03. The number of anilines is 1. The fourth-order valence-electron chi connectivity index (χ4n) is 3.54. The van der Waals surface area contributed by atoms with E-state index in [1.165, 1.54) is 12.8 Å². The fourth-order valence-corrected chi connectivity index (χ4v) is 3.54. The first-order valence-electron chi connectivity index (χ1n) is 8.58. The highest BCUT2D eigenvalue weighted by Gasteiger charge is 2.25. The Kier molecular flexibility index (Phi) is 3.16. The standard InChI is InChI=1S/C19H18N6/c1-12-8-14(9-12)23-19-22-11-18-15(4-7-25(18)24-19)13-2-3-16-17(10-13)21-6-5-20-16/h2-7,10-12,14H,8-9H2,1H3,(H,23,24)/t12-,14+. The molecule has 6 heteroatoms. The van der Waals surface area contributed by atoms with Crippen molar-refractivity contribution in [1.82, 2.24) is 24.6 Å². The van der Waals surface area contributed by atoms with E-state index in [9.17, 15) is 0 Å². The molecular formula is C19H18N6. The molecule has 4 aromatic rings. The van der Waals surface area contributed by atoms with Gasteiger partial charge in [-0.1, -0.05) is 13.0 Å². The molecule has 1 aliphatic rings. The number of hydrogen-bond acceptors (Lipinski definition) is 5. The number of aromatic nitrogens is 5. The molecular weight excluding hydrogens is 312 g/mol. The van der Waals surface area contributed by atoms with E-state index >= 15 is 0 Å². The molecule has 0 aliphatic heterocycles. The molecule has 1 aromatic carbocycles. The third-order valence-corrected chi connectivity index (χ3v) is 4.90. The minimum absolute atomic E-state index is 0.501. The zero-order valence-corrected chi connectivity index (χ0v) is 13.9. The predicted molar refractivity (Wildman–Crippen MR) is 97.3 cm³/mol. The minimum atomic E-state index is 0.501. The molecule has 124 valence electrons. The van der Waals surface area contributed by atoms with Crippen molar-refractivity contribution in [2.24, 2.45) is 5.92 Å². The van der Waals surface area contributed by atoms with Gasteiger partial charge < -0.3 is 5.32 Å². The van der Waals surface area contributed by atoms with Gasteiger partial charge in [0.05, 0.1) is 22.7 Å². The summed E-state index contributed by atoms with van der Waals surface area (Å²) in [5.74, 6) is 1.49. The molecule has 25 heavy (non-hydrogen) atoms. The molecule has 1 saturated carbocycles. The molecule has 0 radical (unpaired) electrons. The SMILES string of the molecule is C[C@H]1C[C@@H](Nc2ncc3c(-c4ccc5nccnc5c4)ccn3n2)C1. The van der Waals surface area contributed by atoms with Crippen LogP contribution in [0.4, 0.5) is 5.95 Å². The third kappa shape index (κ3) is 2.50. The van der Waals surface area contributed by atoms with Crippen molar-refractivity contribution < 1.29 is 0 Å². The van der Waals surface area contributed by atoms with Crippen molar-refractivity contribution in [3.63, 3.8) is 0 Å². The molecule has 3 aromatic heterocycles. The Morgan fingerprint density at radius 1 is 1.04 bits per heavy atom. The largest absolute Gasteiger partial charge is 0.350 e. The lowest BCUT2D eigenvalue weighted by Gasteiger charge is -2.33. The number of benzene rings is 1. The van der Waals surface area contributed by atoms with Gasteiger partial charge in [0.15, 0.2) is 0 Å². The molecule has 1 fully saturated rings. The quantitative estimate of drug-likeness (QED) is 0.622. The van der Waals surface area contributed by atoms with Gasteiger partial charge in [-0.05, 0) is 42.5 Å². The highest BCUT2D eigenvalue weighted by Crippen LogP contribution is 2.30. The molecule has 3 heterocycles. The van der Waals surface area contributed by atoms with Crippen molar-refractivity contribution in [1.29, 1.82) is 0 Å². The molecule has 0 spiro atoms. The number of hydrogen-bond donors (Lipinski definition) is 1. The van der Waals surface area contributed by atoms with E-state index in [1.54, 1.807) is 12.4 Å². The summed E-state index contributed by atoms with van der Waals surface area (Å²) in [6.07, 6.45) is 9.66. The minimum Gasteiger partial charge on any atom is -0.350 e. The molecule has 0 bridgehead atoms. The van der Waals surface area contributed by atoms with Crippen LogP contribution in [0.5, 0.6) is 0 Å². The molecule has 0 saturated heterocycles. The summed E-state index contributed by atoms with van der Waals surface area (Å²) in [5.41, 5.74) is 4.95. The van der Waals surface area contributed by atoms with Gasteiger partial charge in [-0.2, -0.15) is 0 Å². The summed E-state index contributed by atoms with van der Waals surface area (Å²) in [4.78, 5) is 13.2. The van der Waals surface area contributed by atoms with Gasteiger partial charge in [0.2, 0.25) is 5.95 Å². The van der Waals surface area contributed by atoms with Crippen LogP contribution in [0, 0.1) is 5.92 Å². The second-order valence-corrected chi connectivity index (χ2v) is 6.82. The van der Waals surface area contributed by atoms with Gasteiger partial charge >= 0.3 is 0 Å². The summed E-state index contributed by atoms with van der Waals surface area (Å²) < 4.78 is 1.88. The number of nitrogens with zero attached hydrogens (tertiary/aromatic N) is 5. The zero-order valence-electron chi connectivity index (χ0n) is 13.9. The lowest BCUT2D eigenvalue weighted by atomic mass is 9.82. The van der Waals surface area contributed by atoms with Gasteiger partial charge in [0.1, 0.15) is 0 Å². The topological polar surface area (TPSA) is 68.0 Å². The van der Waals surface area contributed by atoms with E-state index < -0.39 is 0 Å². The number of fused-ring (bicyclic) bond motifs is 2. The van der Waals surface area contributed by atoms with Crippen LogP contribution in [-0.4, -0.2) is 30.6 Å². The number of rotatable bonds is 3. The Morgan fingerprint density at radius 3 is 2.72 bits per heavy atom. The van der Waals surface area contributed by atoms with Gasteiger partial charge in [-0.3, -0.25) is 9.97 Å². The maximum absolute atomic E-state index is 4.60. The van der Waals surface area contributed by atoms with Gasteiger partial charge in [0, 0.05) is 30.2 Å². The van der Waals surface area contributed by atoms with E-state index in [0.29, 0.717) is 12.0 Å². The van der Waals surface area contributed by atoms with E-state index in [4.69, 9.17) is 0 Å². The molecule has 1 N–H and O–H groups in total. The average molecular weight is 330 g/mol. The Labute approximate surface area is 145 Å². The van der Waals surface area contributed by atoms with Crippen LogP contribution in [0.25, 0.3) is 27.7 Å². The first kappa shape index (κ1) is 14.3. The summed E-state index contributed by atoms with van der Waals surface area (Å²) in [6, 6.07) is 8.68. The summed E-state index contributed by atoms with van der Waals surface area (Å²) in [5, 5.41) is 8.01. The van der Waals surface area contributed by atoms with Crippen LogP contribution in [0.15, 0.2) is 49.1 Å². The fraction of sp³-hybridized carbons (Fsp3) is 0.263. The van der Waals surface area contributed by atoms with Crippen LogP contribution in [0.3, 0.4) is 0 Å². The Morgan fingerprint density at radius 2 is 1.88 bits per heavy atom. The van der Waals surface area contributed by atoms with Crippen molar-refractivity contribution >= 4 is 22.5 Å². The van der Waals surface area contributed by atoms with Crippen LogP contribution in [0.2, 0.25) is 0 Å². The van der Waals surface area contributed by atoms with Crippen LogP contribution in [-0.2, 0) is 0 Å². The maximum atomic E-state index is 4.60. The third-order valence-electron chi connectivity index (χ3n) is 4.90. The highest BCUT2D eigenvalue weighted by atomic mass is 15.3. The Bertz CT molecular complexity index is 1060. The Hall–Kier alpha value is -3.02. The molecule has 6 nitrogen and oxygen atoms in total. The lowest BCUT2D eigenvalue weighted by molar-refractivity contribution is 0.307. The van der Waals surface area contributed by atoms with E-state index in [1.807, 2.05) is 23.0 Å². The summed E-state index contributed by atoms with van der Waals surface area (Å²) >= 11 is 0. The molecule has 1 aliphatic carbocycles. The molecule has 0 unspecified atom stereocenters. The van der Waals surface area contributed by atoms with Gasteiger partial charge in [-0.25, -0.2) is 9.50 Å². The predicted octanol–water partition coefficient (Wildman–Crippen LogP) is 3.55. The first-order valence-corrected chi connectivity index (χ1v) is 8.58. The lowest BCUT2D eigenvalue weighted by Crippen LogP contribution is -2.34.